The van der Waals surface area contributed by atoms with Crippen LogP contribution in [0, 0.1) is 6.92 Å². The van der Waals surface area contributed by atoms with Crippen LogP contribution in [0.2, 0.25) is 0 Å². The largest absolute Gasteiger partial charge is 0.496 e. The summed E-state index contributed by atoms with van der Waals surface area (Å²) in [6.45, 7) is 9.43. The van der Waals surface area contributed by atoms with Gasteiger partial charge in [-0.1, -0.05) is 19.9 Å². The number of hydrogen-bond donors (Lipinski definition) is 2. The summed E-state index contributed by atoms with van der Waals surface area (Å²) in [6, 6.07) is 6.37. The van der Waals surface area contributed by atoms with Crippen molar-refractivity contribution in [3.63, 3.8) is 0 Å². The van der Waals surface area contributed by atoms with E-state index in [1.807, 2.05) is 11.8 Å². The highest BCUT2D eigenvalue weighted by atomic mass is 16.5. The van der Waals surface area contributed by atoms with Crippen LogP contribution in [0.25, 0.3) is 0 Å². The number of nitrogens with two attached hydrogens (primary N) is 1. The van der Waals surface area contributed by atoms with E-state index in [9.17, 15) is 4.79 Å². The average molecular weight is 427 g/mol. The van der Waals surface area contributed by atoms with Crippen molar-refractivity contribution in [2.45, 2.75) is 40.2 Å². The Kier molecular flexibility index (Phi) is 7.44. The lowest BCUT2D eigenvalue weighted by molar-refractivity contribution is -0.132. The van der Waals surface area contributed by atoms with Crippen LogP contribution in [0.15, 0.2) is 30.6 Å². The van der Waals surface area contributed by atoms with E-state index in [-0.39, 0.29) is 12.5 Å². The first-order valence-electron chi connectivity index (χ1n) is 10.9. The molecule has 0 radical (unpaired) electrons. The third-order valence-electron chi connectivity index (χ3n) is 5.93. The highest BCUT2D eigenvalue weighted by Gasteiger charge is 2.23. The number of amides is 1. The molecular formula is C23H34N6O2. The number of hydrogen-bond acceptors (Lipinski definition) is 6. The molecule has 168 valence electrons. The Hall–Kier alpha value is -3.16. The van der Waals surface area contributed by atoms with Crippen molar-refractivity contribution in [2.24, 2.45) is 5.73 Å². The van der Waals surface area contributed by atoms with Gasteiger partial charge < -0.3 is 25.6 Å². The molecule has 2 aromatic rings. The summed E-state index contributed by atoms with van der Waals surface area (Å²) in [4.78, 5) is 17.2. The minimum Gasteiger partial charge on any atom is -0.496 e. The number of carbonyl (C=O) groups excluding carboxylic acids is 1. The molecule has 1 saturated heterocycles. The zero-order valence-corrected chi connectivity index (χ0v) is 19.0. The van der Waals surface area contributed by atoms with Crippen LogP contribution in [-0.2, 0) is 24.2 Å². The number of ether oxygens (including phenoxy) is 1. The molecule has 0 aliphatic carbocycles. The molecule has 1 aliphatic heterocycles. The van der Waals surface area contributed by atoms with Gasteiger partial charge in [0.1, 0.15) is 12.3 Å². The third kappa shape index (κ3) is 4.95. The van der Waals surface area contributed by atoms with Crippen LogP contribution in [0.1, 0.15) is 30.7 Å². The van der Waals surface area contributed by atoms with Crippen molar-refractivity contribution in [1.29, 1.82) is 0 Å². The van der Waals surface area contributed by atoms with E-state index >= 15 is 0 Å². The van der Waals surface area contributed by atoms with E-state index in [1.54, 1.807) is 18.0 Å². The maximum absolute atomic E-state index is 12.9. The monoisotopic (exact) mass is 426 g/mol. The van der Waals surface area contributed by atoms with Crippen molar-refractivity contribution in [3.8, 4) is 5.75 Å². The van der Waals surface area contributed by atoms with Gasteiger partial charge >= 0.3 is 0 Å². The molecule has 8 nitrogen and oxygen atoms in total. The molecule has 1 fully saturated rings. The molecule has 0 unspecified atom stereocenters. The van der Waals surface area contributed by atoms with Gasteiger partial charge in [0.2, 0.25) is 5.91 Å². The average Bonchev–Trinajstić information content (AvgIpc) is 3.11. The number of nitrogens with one attached hydrogen (secondary N) is 1. The predicted molar refractivity (Wildman–Crippen MR) is 124 cm³/mol. The van der Waals surface area contributed by atoms with Crippen LogP contribution in [0.5, 0.6) is 5.75 Å². The van der Waals surface area contributed by atoms with Crippen LogP contribution in [0.3, 0.4) is 0 Å². The van der Waals surface area contributed by atoms with Crippen LogP contribution < -0.4 is 20.7 Å². The van der Waals surface area contributed by atoms with Crippen LogP contribution in [0.4, 0.5) is 11.5 Å². The Morgan fingerprint density at radius 2 is 1.97 bits per heavy atom. The van der Waals surface area contributed by atoms with E-state index in [4.69, 9.17) is 10.5 Å². The van der Waals surface area contributed by atoms with E-state index < -0.39 is 0 Å². The molecule has 1 aliphatic rings. The number of rotatable bonds is 8. The number of nitrogens with zero attached hydrogens (tertiary/aromatic N) is 4. The number of aromatic nitrogens is 2. The summed E-state index contributed by atoms with van der Waals surface area (Å²) in [5.41, 5.74) is 9.87. The van der Waals surface area contributed by atoms with Crippen molar-refractivity contribution >= 4 is 17.4 Å². The molecule has 0 spiro atoms. The van der Waals surface area contributed by atoms with Gasteiger partial charge in [0, 0.05) is 61.6 Å². The van der Waals surface area contributed by atoms with Crippen molar-refractivity contribution in [1.82, 2.24) is 14.7 Å². The lowest BCUT2D eigenvalue weighted by atomic mass is 10.1. The quantitative estimate of drug-likeness (QED) is 0.674. The molecular weight excluding hydrogens is 392 g/mol. The van der Waals surface area contributed by atoms with Crippen molar-refractivity contribution in [2.75, 3.05) is 43.5 Å². The lowest BCUT2D eigenvalue weighted by Crippen LogP contribution is -2.49. The highest BCUT2D eigenvalue weighted by Crippen LogP contribution is 2.27. The Bertz CT molecular complexity index is 928. The fourth-order valence-electron chi connectivity index (χ4n) is 4.07. The smallest absolute Gasteiger partial charge is 0.244 e. The Morgan fingerprint density at radius 3 is 2.58 bits per heavy atom. The number of methoxy groups -OCH3 is 1. The first-order chi connectivity index (χ1) is 15.0. The topological polar surface area (TPSA) is 88.7 Å². The zero-order chi connectivity index (χ0) is 22.4. The first-order valence-corrected chi connectivity index (χ1v) is 10.9. The minimum absolute atomic E-state index is 0.0905. The van der Waals surface area contributed by atoms with Gasteiger partial charge in [0.05, 0.1) is 7.11 Å². The summed E-state index contributed by atoms with van der Waals surface area (Å²) in [5, 5.41) is 7.67. The van der Waals surface area contributed by atoms with Gasteiger partial charge in [-0.3, -0.25) is 9.48 Å². The summed E-state index contributed by atoms with van der Waals surface area (Å²) in [6.07, 6.45) is 4.86. The van der Waals surface area contributed by atoms with Crippen molar-refractivity contribution in [3.05, 3.63) is 47.4 Å². The Labute approximate surface area is 184 Å². The third-order valence-corrected chi connectivity index (χ3v) is 5.93. The molecule has 1 amide bonds. The van der Waals surface area contributed by atoms with Gasteiger partial charge in [0.15, 0.2) is 5.82 Å². The Morgan fingerprint density at radius 1 is 1.23 bits per heavy atom. The molecule has 31 heavy (non-hydrogen) atoms. The molecule has 0 atom stereocenters. The molecule has 3 rings (SSSR count). The number of carbonyl (C=O) groups is 1. The van der Waals surface area contributed by atoms with E-state index in [1.165, 1.54) is 11.8 Å². The molecule has 8 heteroatoms. The second-order valence-electron chi connectivity index (χ2n) is 7.64. The number of anilines is 2. The minimum atomic E-state index is 0.0905. The normalized spacial score (nSPS) is 14.3. The summed E-state index contributed by atoms with van der Waals surface area (Å²) in [5.74, 6) is 1.77. The van der Waals surface area contributed by atoms with Gasteiger partial charge in [-0.15, -0.1) is 0 Å². The number of aryl methyl sites for hydroxylation is 1. The molecule has 0 saturated carbocycles. The lowest BCUT2D eigenvalue weighted by Gasteiger charge is -2.36. The first kappa shape index (κ1) is 22.5. The highest BCUT2D eigenvalue weighted by molar-refractivity contribution is 5.76. The SMILES string of the molecule is CCc1ccc(N2CCN(C(=O)Cn3nc(N/C=C\N)c(CC)c3C)CC2)cc1OC. The standard InChI is InChI=1S/C23H34N6O2/c1-5-18-7-8-19(15-21(18)31-4)27-11-13-28(14-12-27)22(30)16-29-17(3)20(6-2)23(26-29)25-10-9-24/h7-10,15H,5-6,11-14,16,24H2,1-4H3,(H,25,26)/b10-9-. The van der Waals surface area contributed by atoms with Crippen LogP contribution >= 0.6 is 0 Å². The fraction of sp³-hybridized carbons (Fsp3) is 0.478. The number of piperazine rings is 1. The second-order valence-corrected chi connectivity index (χ2v) is 7.64. The van der Waals surface area contributed by atoms with E-state index in [0.717, 1.165) is 54.4 Å². The van der Waals surface area contributed by atoms with Gasteiger partial charge in [0.25, 0.3) is 0 Å². The summed E-state index contributed by atoms with van der Waals surface area (Å²) >= 11 is 0. The molecule has 1 aromatic carbocycles. The maximum Gasteiger partial charge on any atom is 0.244 e. The molecule has 2 heterocycles. The van der Waals surface area contributed by atoms with Gasteiger partial charge in [-0.05, 0) is 31.4 Å². The Balaban J connectivity index is 1.63. The summed E-state index contributed by atoms with van der Waals surface area (Å²) < 4.78 is 7.32. The van der Waals surface area contributed by atoms with Gasteiger partial charge in [-0.25, -0.2) is 0 Å². The maximum atomic E-state index is 12.9. The van der Waals surface area contributed by atoms with E-state index in [0.29, 0.717) is 13.1 Å². The molecule has 1 aromatic heterocycles. The van der Waals surface area contributed by atoms with Crippen molar-refractivity contribution < 1.29 is 9.53 Å². The summed E-state index contributed by atoms with van der Waals surface area (Å²) in [7, 11) is 1.71. The second kappa shape index (κ2) is 10.2. The predicted octanol–water partition coefficient (Wildman–Crippen LogP) is 2.52. The van der Waals surface area contributed by atoms with Gasteiger partial charge in [-0.2, -0.15) is 5.10 Å². The fourth-order valence-corrected chi connectivity index (χ4v) is 4.07. The molecule has 3 N–H and O–H groups in total. The molecule has 0 bridgehead atoms. The zero-order valence-electron chi connectivity index (χ0n) is 19.0. The van der Waals surface area contributed by atoms with Crippen LogP contribution in [-0.4, -0.2) is 53.9 Å². The van der Waals surface area contributed by atoms with E-state index in [2.05, 4.69) is 47.4 Å². The number of benzene rings is 1.